The second-order valence-corrected chi connectivity index (χ2v) is 3.34. The van der Waals surface area contributed by atoms with Gasteiger partial charge >= 0.3 is 6.03 Å². The molecule has 5 heteroatoms. The average Bonchev–Trinajstić information content (AvgIpc) is 2.15. The van der Waals surface area contributed by atoms with E-state index in [4.69, 9.17) is 17.3 Å². The lowest BCUT2D eigenvalue weighted by Gasteiger charge is -2.13. The summed E-state index contributed by atoms with van der Waals surface area (Å²) in [5, 5.41) is 0.684. The van der Waals surface area contributed by atoms with Crippen LogP contribution in [-0.2, 0) is 0 Å². The van der Waals surface area contributed by atoms with Gasteiger partial charge in [0.15, 0.2) is 0 Å². The van der Waals surface area contributed by atoms with Crippen LogP contribution in [0.2, 0.25) is 5.02 Å². The fraction of sp³-hybridized carbons (Fsp3) is 0.222. The van der Waals surface area contributed by atoms with Gasteiger partial charge in [0.05, 0.1) is 0 Å². The van der Waals surface area contributed by atoms with Crippen LogP contribution in [0.5, 0.6) is 0 Å². The summed E-state index contributed by atoms with van der Waals surface area (Å²) in [6.45, 7) is 1.90. The highest BCUT2D eigenvalue weighted by Crippen LogP contribution is 2.15. The number of rotatable bonds is 3. The van der Waals surface area contributed by atoms with Gasteiger partial charge in [-0.05, 0) is 24.6 Å². The van der Waals surface area contributed by atoms with Crippen molar-refractivity contribution in [2.45, 2.75) is 13.0 Å². The fourth-order valence-corrected chi connectivity index (χ4v) is 1.14. The number of nitrogens with two attached hydrogens (primary N) is 1. The molecule has 0 bridgehead atoms. The first-order chi connectivity index (χ1) is 6.59. The van der Waals surface area contributed by atoms with Crippen LogP contribution in [0.15, 0.2) is 24.3 Å². The van der Waals surface area contributed by atoms with Gasteiger partial charge in [-0.2, -0.15) is 0 Å². The molecular weight excluding hydrogens is 202 g/mol. The first kappa shape index (κ1) is 10.8. The van der Waals surface area contributed by atoms with Crippen molar-refractivity contribution in [2.75, 3.05) is 0 Å². The van der Waals surface area contributed by atoms with Crippen molar-refractivity contribution < 1.29 is 4.79 Å². The summed E-state index contributed by atoms with van der Waals surface area (Å²) < 4.78 is 0. The van der Waals surface area contributed by atoms with Gasteiger partial charge in [0, 0.05) is 11.1 Å². The zero-order valence-electron chi connectivity index (χ0n) is 7.75. The summed E-state index contributed by atoms with van der Waals surface area (Å²) in [4.78, 5) is 10.4. The molecule has 4 N–H and O–H groups in total. The largest absolute Gasteiger partial charge is 0.351 e. The fourth-order valence-electron chi connectivity index (χ4n) is 1.01. The van der Waals surface area contributed by atoms with Crippen LogP contribution in [0.4, 0.5) is 4.79 Å². The number of nitrogens with one attached hydrogen (secondary N) is 2. The lowest BCUT2D eigenvalue weighted by molar-refractivity contribution is 0.242. The number of carbonyl (C=O) groups is 1. The van der Waals surface area contributed by atoms with Crippen LogP contribution < -0.4 is 16.6 Å². The third-order valence-corrected chi connectivity index (χ3v) is 2.03. The molecular formula is C9H12ClN3O. The number of urea groups is 1. The molecule has 2 amide bonds. The van der Waals surface area contributed by atoms with Gasteiger partial charge in [0.1, 0.15) is 0 Å². The molecule has 76 valence electrons. The van der Waals surface area contributed by atoms with Crippen molar-refractivity contribution in [3.63, 3.8) is 0 Å². The van der Waals surface area contributed by atoms with Crippen molar-refractivity contribution in [2.24, 2.45) is 5.73 Å². The Morgan fingerprint density at radius 1 is 1.43 bits per heavy atom. The van der Waals surface area contributed by atoms with Crippen LogP contribution >= 0.6 is 11.6 Å². The topological polar surface area (TPSA) is 67.2 Å². The number of benzene rings is 1. The van der Waals surface area contributed by atoms with Gasteiger partial charge < -0.3 is 5.73 Å². The highest BCUT2D eigenvalue weighted by molar-refractivity contribution is 6.30. The van der Waals surface area contributed by atoms with Crippen LogP contribution in [0.1, 0.15) is 18.5 Å². The van der Waals surface area contributed by atoms with E-state index in [-0.39, 0.29) is 6.04 Å². The highest BCUT2D eigenvalue weighted by atomic mass is 35.5. The van der Waals surface area contributed by atoms with Crippen LogP contribution in [0.3, 0.4) is 0 Å². The minimum Gasteiger partial charge on any atom is -0.351 e. The van der Waals surface area contributed by atoms with Crippen LogP contribution in [-0.4, -0.2) is 6.03 Å². The molecule has 1 aromatic rings. The molecule has 14 heavy (non-hydrogen) atoms. The lowest BCUT2D eigenvalue weighted by Crippen LogP contribution is -2.42. The smallest absolute Gasteiger partial charge is 0.326 e. The zero-order chi connectivity index (χ0) is 10.6. The van der Waals surface area contributed by atoms with Crippen molar-refractivity contribution in [3.05, 3.63) is 34.9 Å². The van der Waals surface area contributed by atoms with E-state index >= 15 is 0 Å². The van der Waals surface area contributed by atoms with Gasteiger partial charge in [-0.3, -0.25) is 5.43 Å². The third-order valence-electron chi connectivity index (χ3n) is 1.78. The van der Waals surface area contributed by atoms with Gasteiger partial charge in [-0.15, -0.1) is 0 Å². The number of hydrazine groups is 1. The maximum Gasteiger partial charge on any atom is 0.326 e. The van der Waals surface area contributed by atoms with Crippen molar-refractivity contribution >= 4 is 17.6 Å². The van der Waals surface area contributed by atoms with Gasteiger partial charge in [-0.25, -0.2) is 10.2 Å². The second kappa shape index (κ2) is 4.83. The molecule has 1 unspecified atom stereocenters. The Morgan fingerprint density at radius 2 is 2.00 bits per heavy atom. The van der Waals surface area contributed by atoms with Gasteiger partial charge in [-0.1, -0.05) is 23.7 Å². The van der Waals surface area contributed by atoms with Crippen molar-refractivity contribution in [3.8, 4) is 0 Å². The Balaban J connectivity index is 2.56. The number of carbonyl (C=O) groups excluding carboxylic acids is 1. The van der Waals surface area contributed by atoms with E-state index in [0.717, 1.165) is 5.56 Å². The number of hydrogen-bond acceptors (Lipinski definition) is 2. The Hall–Kier alpha value is -1.26. The van der Waals surface area contributed by atoms with E-state index in [1.54, 1.807) is 12.1 Å². The standard InChI is InChI=1S/C9H12ClN3O/c1-6(12-13-9(11)14)7-2-4-8(10)5-3-7/h2-6,12H,1H3,(H3,11,13,14). The molecule has 4 nitrogen and oxygen atoms in total. The molecule has 0 aliphatic carbocycles. The van der Waals surface area contributed by atoms with E-state index in [2.05, 4.69) is 10.9 Å². The van der Waals surface area contributed by atoms with Gasteiger partial charge in [0.25, 0.3) is 0 Å². The minimum absolute atomic E-state index is 0.0141. The van der Waals surface area contributed by atoms with E-state index in [9.17, 15) is 4.79 Å². The van der Waals surface area contributed by atoms with Crippen LogP contribution in [0, 0.1) is 0 Å². The highest BCUT2D eigenvalue weighted by Gasteiger charge is 2.04. The van der Waals surface area contributed by atoms with Crippen molar-refractivity contribution in [1.82, 2.24) is 10.9 Å². The molecule has 0 spiro atoms. The first-order valence-electron chi connectivity index (χ1n) is 4.16. The normalized spacial score (nSPS) is 12.1. The number of amides is 2. The summed E-state index contributed by atoms with van der Waals surface area (Å²) in [5.74, 6) is 0. The average molecular weight is 214 g/mol. The molecule has 0 aliphatic heterocycles. The third kappa shape index (κ3) is 3.24. The van der Waals surface area contributed by atoms with E-state index in [1.165, 1.54) is 0 Å². The lowest BCUT2D eigenvalue weighted by atomic mass is 10.1. The summed E-state index contributed by atoms with van der Waals surface area (Å²) >= 11 is 5.73. The SMILES string of the molecule is CC(NNC(N)=O)c1ccc(Cl)cc1. The van der Waals surface area contributed by atoms with Crippen molar-refractivity contribution in [1.29, 1.82) is 0 Å². The molecule has 0 saturated heterocycles. The van der Waals surface area contributed by atoms with Crippen LogP contribution in [0.25, 0.3) is 0 Å². The Kier molecular flexibility index (Phi) is 3.73. The predicted octanol–water partition coefficient (Wildman–Crippen LogP) is 1.57. The maximum absolute atomic E-state index is 10.4. The Bertz CT molecular complexity index is 312. The number of hydrogen-bond donors (Lipinski definition) is 3. The summed E-state index contributed by atoms with van der Waals surface area (Å²) in [7, 11) is 0. The first-order valence-corrected chi connectivity index (χ1v) is 4.54. The summed E-state index contributed by atoms with van der Waals surface area (Å²) in [6, 6.07) is 6.72. The maximum atomic E-state index is 10.4. The number of primary amides is 1. The molecule has 0 radical (unpaired) electrons. The predicted molar refractivity (Wildman–Crippen MR) is 55.7 cm³/mol. The van der Waals surface area contributed by atoms with E-state index < -0.39 is 6.03 Å². The minimum atomic E-state index is -0.606. The monoisotopic (exact) mass is 213 g/mol. The molecule has 0 saturated carbocycles. The molecule has 0 aromatic heterocycles. The zero-order valence-corrected chi connectivity index (χ0v) is 8.51. The quantitative estimate of drug-likeness (QED) is 0.668. The van der Waals surface area contributed by atoms with E-state index in [0.29, 0.717) is 5.02 Å². The molecule has 1 aromatic carbocycles. The molecule has 0 fully saturated rings. The Morgan fingerprint density at radius 3 is 2.50 bits per heavy atom. The second-order valence-electron chi connectivity index (χ2n) is 2.91. The molecule has 0 heterocycles. The summed E-state index contributed by atoms with van der Waals surface area (Å²) in [5.41, 5.74) is 11.0. The number of halogens is 1. The van der Waals surface area contributed by atoms with Gasteiger partial charge in [0.2, 0.25) is 0 Å². The molecule has 0 aliphatic rings. The molecule has 1 rings (SSSR count). The van der Waals surface area contributed by atoms with E-state index in [1.807, 2.05) is 19.1 Å². The molecule has 1 atom stereocenters. The Labute approximate surface area is 87.4 Å². The summed E-state index contributed by atoms with van der Waals surface area (Å²) in [6.07, 6.45) is 0.